The van der Waals surface area contributed by atoms with Crippen molar-refractivity contribution in [1.29, 1.82) is 5.41 Å². The fourth-order valence-electron chi connectivity index (χ4n) is 1.36. The van der Waals surface area contributed by atoms with E-state index in [-0.39, 0.29) is 5.84 Å². The topological polar surface area (TPSA) is 66.0 Å². The Bertz CT molecular complexity index is 354. The Morgan fingerprint density at radius 2 is 2.38 bits per heavy atom. The van der Waals surface area contributed by atoms with Gasteiger partial charge in [-0.1, -0.05) is 0 Å². The van der Waals surface area contributed by atoms with E-state index in [9.17, 15) is 0 Å². The summed E-state index contributed by atoms with van der Waals surface area (Å²) in [6, 6.07) is 3.83. The van der Waals surface area contributed by atoms with Gasteiger partial charge in [0.15, 0.2) is 0 Å². The van der Waals surface area contributed by atoms with Gasteiger partial charge < -0.3 is 10.6 Å². The highest BCUT2D eigenvalue weighted by atomic mass is 32.2. The van der Waals surface area contributed by atoms with Crippen LogP contribution in [-0.4, -0.2) is 41.3 Å². The summed E-state index contributed by atoms with van der Waals surface area (Å²) in [5.41, 5.74) is 7.09. The van der Waals surface area contributed by atoms with E-state index < -0.39 is 0 Å². The molecule has 0 radical (unpaired) electrons. The van der Waals surface area contributed by atoms with Crippen LogP contribution in [0.5, 0.6) is 0 Å². The normalized spacial score (nSPS) is 10.7. The average molecular weight is 238 g/mol. The first kappa shape index (κ1) is 13.0. The van der Waals surface area contributed by atoms with E-state index in [0.29, 0.717) is 5.69 Å². The molecule has 1 aromatic rings. The third kappa shape index (κ3) is 4.20. The van der Waals surface area contributed by atoms with Crippen LogP contribution >= 0.6 is 11.8 Å². The van der Waals surface area contributed by atoms with Gasteiger partial charge in [-0.05, 0) is 31.0 Å². The summed E-state index contributed by atoms with van der Waals surface area (Å²) in [7, 11) is 2.09. The molecule has 5 heteroatoms. The van der Waals surface area contributed by atoms with Gasteiger partial charge in [-0.25, -0.2) is 0 Å². The Morgan fingerprint density at radius 3 is 3.00 bits per heavy atom. The lowest BCUT2D eigenvalue weighted by molar-refractivity contribution is 0.348. The Hall–Kier alpha value is -1.07. The van der Waals surface area contributed by atoms with Gasteiger partial charge in [-0.2, -0.15) is 11.8 Å². The molecule has 0 atom stereocenters. The van der Waals surface area contributed by atoms with Crippen LogP contribution < -0.4 is 5.73 Å². The smallest absolute Gasteiger partial charge is 0.141 e. The van der Waals surface area contributed by atoms with Crippen LogP contribution in [-0.2, 0) is 6.54 Å². The maximum Gasteiger partial charge on any atom is 0.141 e. The van der Waals surface area contributed by atoms with E-state index in [4.69, 9.17) is 11.1 Å². The molecule has 1 aromatic heterocycles. The number of aromatic nitrogens is 1. The maximum absolute atomic E-state index is 7.32. The average Bonchev–Trinajstić information content (AvgIpc) is 2.26. The molecule has 4 nitrogen and oxygen atoms in total. The van der Waals surface area contributed by atoms with Gasteiger partial charge in [-0.15, -0.1) is 0 Å². The third-order valence-corrected chi connectivity index (χ3v) is 2.82. The molecule has 3 N–H and O–H groups in total. The number of amidine groups is 1. The van der Waals surface area contributed by atoms with Crippen LogP contribution in [0.25, 0.3) is 0 Å². The number of nitrogens with two attached hydrogens (primary N) is 1. The molecule has 0 aliphatic carbocycles. The molecule has 0 amide bonds. The highest BCUT2D eigenvalue weighted by Crippen LogP contribution is 2.05. The number of pyridine rings is 1. The van der Waals surface area contributed by atoms with E-state index >= 15 is 0 Å². The number of hydrogen-bond acceptors (Lipinski definition) is 4. The van der Waals surface area contributed by atoms with Crippen molar-refractivity contribution in [3.8, 4) is 0 Å². The first-order chi connectivity index (χ1) is 7.63. The number of nitrogens with one attached hydrogen (secondary N) is 1. The van der Waals surface area contributed by atoms with Crippen LogP contribution in [0.4, 0.5) is 0 Å². The first-order valence-corrected chi connectivity index (χ1v) is 6.49. The van der Waals surface area contributed by atoms with Crippen molar-refractivity contribution in [3.63, 3.8) is 0 Å². The molecule has 0 unspecified atom stereocenters. The number of nitrogens with zero attached hydrogens (tertiary/aromatic N) is 2. The second-order valence-electron chi connectivity index (χ2n) is 3.69. The zero-order chi connectivity index (χ0) is 12.0. The van der Waals surface area contributed by atoms with Gasteiger partial charge in [-0.3, -0.25) is 10.4 Å². The molecular formula is C11H18N4S. The molecule has 1 rings (SSSR count). The second kappa shape index (κ2) is 6.50. The molecule has 88 valence electrons. The van der Waals surface area contributed by atoms with Gasteiger partial charge in [0.05, 0.1) is 0 Å². The standard InChI is InChI=1S/C11H18N4S/c1-15(5-6-16-2)8-9-3-4-14-10(7-9)11(12)13/h3-4,7H,5-6,8H2,1-2H3,(H3,12,13). The summed E-state index contributed by atoms with van der Waals surface area (Å²) in [6.07, 6.45) is 3.81. The summed E-state index contributed by atoms with van der Waals surface area (Å²) in [6.45, 7) is 1.92. The van der Waals surface area contributed by atoms with Crippen LogP contribution in [0.15, 0.2) is 18.3 Å². The minimum absolute atomic E-state index is 0.0219. The number of rotatable bonds is 6. The Balaban J connectivity index is 2.59. The molecule has 1 heterocycles. The Labute approximate surface area is 101 Å². The van der Waals surface area contributed by atoms with Gasteiger partial charge in [0.25, 0.3) is 0 Å². The van der Waals surface area contributed by atoms with Gasteiger partial charge in [0, 0.05) is 25.0 Å². The lowest BCUT2D eigenvalue weighted by Crippen LogP contribution is -2.21. The monoisotopic (exact) mass is 238 g/mol. The SMILES string of the molecule is CSCCN(C)Cc1ccnc(C(=N)N)c1. The summed E-state index contributed by atoms with van der Waals surface area (Å²) in [5.74, 6) is 1.15. The number of thioether (sulfide) groups is 1. The predicted octanol–water partition coefficient (Wildman–Crippen LogP) is 1.16. The maximum atomic E-state index is 7.32. The molecule has 0 saturated heterocycles. The Kier molecular flexibility index (Phi) is 5.28. The van der Waals surface area contributed by atoms with Crippen molar-refractivity contribution in [2.45, 2.75) is 6.54 Å². The molecular weight excluding hydrogens is 220 g/mol. The lowest BCUT2D eigenvalue weighted by Gasteiger charge is -2.16. The zero-order valence-corrected chi connectivity index (χ0v) is 10.5. The Morgan fingerprint density at radius 1 is 1.62 bits per heavy atom. The van der Waals surface area contributed by atoms with Crippen LogP contribution in [0, 0.1) is 5.41 Å². The van der Waals surface area contributed by atoms with Crippen molar-refractivity contribution >= 4 is 17.6 Å². The van der Waals surface area contributed by atoms with Gasteiger partial charge in [0.1, 0.15) is 11.5 Å². The van der Waals surface area contributed by atoms with Gasteiger partial charge >= 0.3 is 0 Å². The first-order valence-electron chi connectivity index (χ1n) is 5.10. The fourth-order valence-corrected chi connectivity index (χ4v) is 1.85. The van der Waals surface area contributed by atoms with Crippen molar-refractivity contribution in [1.82, 2.24) is 9.88 Å². The molecule has 0 spiro atoms. The van der Waals surface area contributed by atoms with E-state index in [1.165, 1.54) is 0 Å². The number of hydrogen-bond donors (Lipinski definition) is 2. The summed E-state index contributed by atoms with van der Waals surface area (Å²) in [5, 5.41) is 7.32. The minimum Gasteiger partial charge on any atom is -0.382 e. The van der Waals surface area contributed by atoms with E-state index in [1.807, 2.05) is 23.9 Å². The highest BCUT2D eigenvalue weighted by Gasteiger charge is 2.03. The second-order valence-corrected chi connectivity index (χ2v) is 4.68. The van der Waals surface area contributed by atoms with E-state index in [1.54, 1.807) is 6.20 Å². The molecule has 16 heavy (non-hydrogen) atoms. The molecule has 0 aliphatic rings. The third-order valence-electron chi connectivity index (χ3n) is 2.23. The number of nitrogen functional groups attached to an aromatic ring is 1. The highest BCUT2D eigenvalue weighted by molar-refractivity contribution is 7.98. The molecule has 0 fully saturated rings. The summed E-state index contributed by atoms with van der Waals surface area (Å²) >= 11 is 1.84. The van der Waals surface area contributed by atoms with E-state index in [0.717, 1.165) is 24.4 Å². The van der Waals surface area contributed by atoms with E-state index in [2.05, 4.69) is 23.2 Å². The van der Waals surface area contributed by atoms with Crippen molar-refractivity contribution in [2.24, 2.45) is 5.73 Å². The largest absolute Gasteiger partial charge is 0.382 e. The summed E-state index contributed by atoms with van der Waals surface area (Å²) in [4.78, 5) is 6.28. The quantitative estimate of drug-likeness (QED) is 0.576. The van der Waals surface area contributed by atoms with Crippen molar-refractivity contribution < 1.29 is 0 Å². The molecule has 0 aliphatic heterocycles. The predicted molar refractivity (Wildman–Crippen MR) is 70.0 cm³/mol. The molecule has 0 saturated carbocycles. The van der Waals surface area contributed by atoms with Crippen LogP contribution in [0.1, 0.15) is 11.3 Å². The zero-order valence-electron chi connectivity index (χ0n) is 9.73. The lowest BCUT2D eigenvalue weighted by atomic mass is 10.2. The fraction of sp³-hybridized carbons (Fsp3) is 0.455. The van der Waals surface area contributed by atoms with Crippen molar-refractivity contribution in [2.75, 3.05) is 25.6 Å². The van der Waals surface area contributed by atoms with Crippen molar-refractivity contribution in [3.05, 3.63) is 29.6 Å². The van der Waals surface area contributed by atoms with Crippen LogP contribution in [0.2, 0.25) is 0 Å². The van der Waals surface area contributed by atoms with Crippen LogP contribution in [0.3, 0.4) is 0 Å². The molecule has 0 aromatic carbocycles. The minimum atomic E-state index is 0.0219. The van der Waals surface area contributed by atoms with Gasteiger partial charge in [0.2, 0.25) is 0 Å². The molecule has 0 bridgehead atoms. The summed E-state index contributed by atoms with van der Waals surface area (Å²) < 4.78 is 0.